The van der Waals surface area contributed by atoms with Crippen LogP contribution in [0, 0.1) is 13.8 Å². The van der Waals surface area contributed by atoms with Gasteiger partial charge in [-0.05, 0) is 50.1 Å². The summed E-state index contributed by atoms with van der Waals surface area (Å²) < 4.78 is 14.5. The van der Waals surface area contributed by atoms with Gasteiger partial charge >= 0.3 is 17.9 Å². The Labute approximate surface area is 173 Å². The van der Waals surface area contributed by atoms with Gasteiger partial charge in [-0.1, -0.05) is 12.1 Å². The molecule has 1 aromatic heterocycles. The summed E-state index contributed by atoms with van der Waals surface area (Å²) in [6.07, 6.45) is 1.62. The first-order valence-corrected chi connectivity index (χ1v) is 9.08. The zero-order chi connectivity index (χ0) is 22.4. The Morgan fingerprint density at radius 1 is 0.967 bits per heavy atom. The van der Waals surface area contributed by atoms with E-state index >= 15 is 0 Å². The molecule has 2 aromatic rings. The molecule has 1 N–H and O–H groups in total. The number of aromatic nitrogens is 1. The van der Waals surface area contributed by atoms with E-state index in [9.17, 15) is 19.2 Å². The molecule has 0 radical (unpaired) electrons. The van der Waals surface area contributed by atoms with Crippen LogP contribution in [0.5, 0.6) is 0 Å². The molecule has 0 aliphatic heterocycles. The van der Waals surface area contributed by atoms with Gasteiger partial charge in [0.05, 0.1) is 31.0 Å². The maximum absolute atomic E-state index is 12.7. The molecule has 2 rings (SSSR count). The molecular weight excluding hydrogens is 390 g/mol. The number of H-pyrrole nitrogens is 1. The largest absolute Gasteiger partial charge is 0.465 e. The molecule has 0 amide bonds. The van der Waals surface area contributed by atoms with Crippen LogP contribution in [-0.2, 0) is 19.0 Å². The number of hydrogen-bond donors (Lipinski definition) is 1. The lowest BCUT2D eigenvalue weighted by Crippen LogP contribution is -2.24. The maximum Gasteiger partial charge on any atom is 0.339 e. The third-order valence-electron chi connectivity index (χ3n) is 4.48. The number of carbonyl (C=O) groups excluding carboxylic acids is 4. The minimum atomic E-state index is -1.06. The summed E-state index contributed by atoms with van der Waals surface area (Å²) in [5, 5.41) is 0. The summed E-state index contributed by atoms with van der Waals surface area (Å²) in [4.78, 5) is 50.9. The number of nitrogens with one attached hydrogen (secondary N) is 1. The van der Waals surface area contributed by atoms with Crippen LogP contribution in [-0.4, -0.2) is 49.0 Å². The Balaban J connectivity index is 2.05. The second kappa shape index (κ2) is 9.69. The average Bonchev–Trinajstić information content (AvgIpc) is 3.04. The molecule has 0 saturated carbocycles. The van der Waals surface area contributed by atoms with E-state index in [0.717, 1.165) is 0 Å². The highest BCUT2D eigenvalue weighted by molar-refractivity contribution is 6.04. The third kappa shape index (κ3) is 5.02. The molecule has 0 aliphatic carbocycles. The topological polar surface area (TPSA) is 112 Å². The van der Waals surface area contributed by atoms with Gasteiger partial charge in [0.25, 0.3) is 0 Å². The Hall–Kier alpha value is -3.68. The van der Waals surface area contributed by atoms with Crippen LogP contribution < -0.4 is 0 Å². The second-order valence-corrected chi connectivity index (χ2v) is 6.51. The summed E-state index contributed by atoms with van der Waals surface area (Å²) in [5.41, 5.74) is 2.46. The van der Waals surface area contributed by atoms with Gasteiger partial charge in [0, 0.05) is 11.8 Å². The zero-order valence-electron chi connectivity index (χ0n) is 17.4. The fraction of sp³-hybridized carbons (Fsp3) is 0.273. The van der Waals surface area contributed by atoms with E-state index in [1.54, 1.807) is 38.1 Å². The van der Waals surface area contributed by atoms with Crippen LogP contribution in [0.4, 0.5) is 0 Å². The number of ether oxygens (including phenoxy) is 3. The van der Waals surface area contributed by atoms with Crippen LogP contribution in [0.2, 0.25) is 0 Å². The van der Waals surface area contributed by atoms with Gasteiger partial charge < -0.3 is 19.2 Å². The number of hydrogen-bond acceptors (Lipinski definition) is 7. The third-order valence-corrected chi connectivity index (χ3v) is 4.48. The van der Waals surface area contributed by atoms with E-state index in [2.05, 4.69) is 9.72 Å². The summed E-state index contributed by atoms with van der Waals surface area (Å²) >= 11 is 0. The molecule has 8 heteroatoms. The van der Waals surface area contributed by atoms with Gasteiger partial charge in [0.1, 0.15) is 0 Å². The number of aryl methyl sites for hydroxylation is 1. The molecule has 0 bridgehead atoms. The van der Waals surface area contributed by atoms with Crippen molar-refractivity contribution in [2.75, 3.05) is 14.2 Å². The Morgan fingerprint density at radius 2 is 1.57 bits per heavy atom. The molecule has 1 atom stereocenters. The van der Waals surface area contributed by atoms with E-state index in [1.165, 1.54) is 33.3 Å². The maximum atomic E-state index is 12.7. The molecule has 30 heavy (non-hydrogen) atoms. The van der Waals surface area contributed by atoms with Gasteiger partial charge in [0.2, 0.25) is 5.78 Å². The molecule has 0 unspecified atom stereocenters. The summed E-state index contributed by atoms with van der Waals surface area (Å²) in [7, 11) is 2.55. The van der Waals surface area contributed by atoms with Crippen molar-refractivity contribution in [1.29, 1.82) is 0 Å². The number of methoxy groups -OCH3 is 2. The smallest absolute Gasteiger partial charge is 0.339 e. The fourth-order valence-electron chi connectivity index (χ4n) is 2.89. The quantitative estimate of drug-likeness (QED) is 0.321. The number of aromatic amines is 1. The van der Waals surface area contributed by atoms with E-state index in [-0.39, 0.29) is 11.3 Å². The average molecular weight is 413 g/mol. The van der Waals surface area contributed by atoms with Crippen molar-refractivity contribution < 1.29 is 33.4 Å². The van der Waals surface area contributed by atoms with Gasteiger partial charge in [-0.25, -0.2) is 14.4 Å². The van der Waals surface area contributed by atoms with Gasteiger partial charge in [-0.15, -0.1) is 0 Å². The fourth-order valence-corrected chi connectivity index (χ4v) is 2.89. The first kappa shape index (κ1) is 22.6. The Bertz CT molecular complexity index is 999. The lowest BCUT2D eigenvalue weighted by atomic mass is 10.1. The molecule has 0 fully saturated rings. The molecular formula is C22H23NO7. The van der Waals surface area contributed by atoms with Crippen LogP contribution in [0.15, 0.2) is 30.3 Å². The van der Waals surface area contributed by atoms with Gasteiger partial charge in [-0.2, -0.15) is 0 Å². The highest BCUT2D eigenvalue weighted by atomic mass is 16.5. The molecule has 0 aliphatic rings. The van der Waals surface area contributed by atoms with Crippen molar-refractivity contribution in [2.45, 2.75) is 26.9 Å². The van der Waals surface area contributed by atoms with E-state index < -0.39 is 29.8 Å². The molecule has 8 nitrogen and oxygen atoms in total. The number of Topliss-reactive ketones (excluding diaryl/α,β-unsaturated/α-hetero) is 1. The van der Waals surface area contributed by atoms with Crippen molar-refractivity contribution in [3.05, 3.63) is 64.0 Å². The predicted molar refractivity (Wildman–Crippen MR) is 108 cm³/mol. The highest BCUT2D eigenvalue weighted by Gasteiger charge is 2.26. The Morgan fingerprint density at radius 3 is 2.13 bits per heavy atom. The lowest BCUT2D eigenvalue weighted by molar-refractivity contribution is -0.140. The summed E-state index contributed by atoms with van der Waals surface area (Å²) in [6, 6.07) is 6.42. The summed E-state index contributed by atoms with van der Waals surface area (Å²) in [6.45, 7) is 4.73. The number of benzene rings is 1. The molecule has 1 heterocycles. The minimum absolute atomic E-state index is 0.190. The van der Waals surface area contributed by atoms with Gasteiger partial charge in [-0.3, -0.25) is 4.79 Å². The number of esters is 3. The standard InChI is InChI=1S/C22H23NO7/c1-12-18(22(27)29-5)13(2)23-19(12)20(25)14(3)30-17(24)11-8-15-6-9-16(10-7-15)21(26)28-4/h6-11,14,23H,1-5H3/b11-8+/t14-/m0/s1. The lowest BCUT2D eigenvalue weighted by Gasteiger charge is -2.10. The van der Waals surface area contributed by atoms with E-state index in [0.29, 0.717) is 22.4 Å². The van der Waals surface area contributed by atoms with Crippen molar-refractivity contribution in [3.8, 4) is 0 Å². The van der Waals surface area contributed by atoms with E-state index in [1.807, 2.05) is 0 Å². The number of rotatable bonds is 7. The Kier molecular flexibility index (Phi) is 7.30. The molecule has 0 spiro atoms. The number of ketones is 1. The monoisotopic (exact) mass is 413 g/mol. The van der Waals surface area contributed by atoms with Crippen molar-refractivity contribution in [2.24, 2.45) is 0 Å². The van der Waals surface area contributed by atoms with Crippen molar-refractivity contribution >= 4 is 29.8 Å². The zero-order valence-corrected chi connectivity index (χ0v) is 17.4. The van der Waals surface area contributed by atoms with Crippen molar-refractivity contribution in [1.82, 2.24) is 4.98 Å². The van der Waals surface area contributed by atoms with Crippen LogP contribution in [0.25, 0.3) is 6.08 Å². The van der Waals surface area contributed by atoms with Gasteiger partial charge in [0.15, 0.2) is 6.10 Å². The van der Waals surface area contributed by atoms with E-state index in [4.69, 9.17) is 9.47 Å². The highest BCUT2D eigenvalue weighted by Crippen LogP contribution is 2.21. The second-order valence-electron chi connectivity index (χ2n) is 6.51. The molecule has 158 valence electrons. The molecule has 1 aromatic carbocycles. The minimum Gasteiger partial charge on any atom is -0.465 e. The summed E-state index contributed by atoms with van der Waals surface area (Å²) in [5.74, 6) is -2.18. The van der Waals surface area contributed by atoms with Crippen LogP contribution in [0.1, 0.15) is 54.9 Å². The number of carbonyl (C=O) groups is 4. The predicted octanol–water partition coefficient (Wildman–Crippen LogP) is 3.03. The molecule has 0 saturated heterocycles. The van der Waals surface area contributed by atoms with Crippen LogP contribution >= 0.6 is 0 Å². The normalized spacial score (nSPS) is 11.8. The first-order chi connectivity index (χ1) is 14.2. The SMILES string of the molecule is COC(=O)c1ccc(/C=C/C(=O)O[C@@H](C)C(=O)c2[nH]c(C)c(C(=O)OC)c2C)cc1. The first-order valence-electron chi connectivity index (χ1n) is 9.08. The van der Waals surface area contributed by atoms with Crippen molar-refractivity contribution in [3.63, 3.8) is 0 Å². The van der Waals surface area contributed by atoms with Crippen LogP contribution in [0.3, 0.4) is 0 Å².